The predicted molar refractivity (Wildman–Crippen MR) is 51.3 cm³/mol. The minimum Gasteiger partial charge on any atom is -0.313 e. The van der Waals surface area contributed by atoms with E-state index < -0.39 is 12.6 Å². The third-order valence-electron chi connectivity index (χ3n) is 1.72. The fourth-order valence-electron chi connectivity index (χ4n) is 1.04. The van der Waals surface area contributed by atoms with Crippen LogP contribution in [0.3, 0.4) is 0 Å². The summed E-state index contributed by atoms with van der Waals surface area (Å²) >= 11 is 1.59. The van der Waals surface area contributed by atoms with Crippen molar-refractivity contribution >= 4 is 11.3 Å². The van der Waals surface area contributed by atoms with E-state index in [1.807, 2.05) is 16.8 Å². The van der Waals surface area contributed by atoms with Gasteiger partial charge in [-0.3, -0.25) is 0 Å². The summed E-state index contributed by atoms with van der Waals surface area (Å²) in [5.41, 5.74) is 1.13. The second kappa shape index (κ2) is 5.36. The van der Waals surface area contributed by atoms with E-state index in [1.165, 1.54) is 0 Å². The van der Waals surface area contributed by atoms with Crippen LogP contribution in [0.2, 0.25) is 0 Å². The topological polar surface area (TPSA) is 12.0 Å². The van der Waals surface area contributed by atoms with Gasteiger partial charge in [0.2, 0.25) is 0 Å². The van der Waals surface area contributed by atoms with Crippen molar-refractivity contribution in [3.63, 3.8) is 0 Å². The van der Waals surface area contributed by atoms with Crippen molar-refractivity contribution < 1.29 is 13.2 Å². The molecule has 0 unspecified atom stereocenters. The van der Waals surface area contributed by atoms with Crippen molar-refractivity contribution in [1.29, 1.82) is 0 Å². The Hall–Kier alpha value is -0.550. The van der Waals surface area contributed by atoms with Crippen LogP contribution in [-0.4, -0.2) is 12.7 Å². The number of halogens is 3. The largest absolute Gasteiger partial charge is 0.389 e. The number of rotatable bonds is 5. The highest BCUT2D eigenvalue weighted by Crippen LogP contribution is 2.20. The van der Waals surface area contributed by atoms with E-state index in [0.717, 1.165) is 5.56 Å². The summed E-state index contributed by atoms with van der Waals surface area (Å²) in [5, 5.41) is 6.90. The summed E-state index contributed by atoms with van der Waals surface area (Å²) in [6.07, 6.45) is -4.58. The molecule has 0 aliphatic carbocycles. The van der Waals surface area contributed by atoms with E-state index in [1.54, 1.807) is 11.3 Å². The van der Waals surface area contributed by atoms with Crippen molar-refractivity contribution in [1.82, 2.24) is 5.32 Å². The van der Waals surface area contributed by atoms with Crippen LogP contribution < -0.4 is 5.32 Å². The van der Waals surface area contributed by atoms with Gasteiger partial charge in [-0.15, -0.1) is 0 Å². The van der Waals surface area contributed by atoms with Crippen molar-refractivity contribution in [3.8, 4) is 0 Å². The van der Waals surface area contributed by atoms with Crippen LogP contribution in [0.25, 0.3) is 0 Å². The van der Waals surface area contributed by atoms with Crippen molar-refractivity contribution in [2.24, 2.45) is 0 Å². The van der Waals surface area contributed by atoms with Gasteiger partial charge >= 0.3 is 6.18 Å². The number of alkyl halides is 3. The Balaban J connectivity index is 2.00. The number of nitrogens with one attached hydrogen (secondary N) is 1. The molecule has 0 saturated carbocycles. The first kappa shape index (κ1) is 11.5. The van der Waals surface area contributed by atoms with E-state index in [9.17, 15) is 13.2 Å². The SMILES string of the molecule is FC(F)(F)CCCNCc1ccsc1. The Kier molecular flexibility index (Phi) is 4.41. The van der Waals surface area contributed by atoms with Crippen LogP contribution in [0.15, 0.2) is 16.8 Å². The summed E-state index contributed by atoms with van der Waals surface area (Å²) in [7, 11) is 0. The quantitative estimate of drug-likeness (QED) is 0.756. The van der Waals surface area contributed by atoms with Crippen molar-refractivity contribution in [3.05, 3.63) is 22.4 Å². The standard InChI is InChI=1S/C9H12F3NS/c10-9(11,12)3-1-4-13-6-8-2-5-14-7-8/h2,5,7,13H,1,3-4,6H2. The maximum Gasteiger partial charge on any atom is 0.389 e. The molecule has 80 valence electrons. The summed E-state index contributed by atoms with van der Waals surface area (Å²) in [6.45, 7) is 1.07. The van der Waals surface area contributed by atoms with Gasteiger partial charge in [-0.25, -0.2) is 0 Å². The van der Waals surface area contributed by atoms with E-state index in [0.29, 0.717) is 13.1 Å². The summed E-state index contributed by atoms with van der Waals surface area (Å²) < 4.78 is 35.2. The lowest BCUT2D eigenvalue weighted by Crippen LogP contribution is -2.17. The molecule has 0 aliphatic heterocycles. The molecule has 1 nitrogen and oxygen atoms in total. The zero-order chi connectivity index (χ0) is 10.4. The second-order valence-corrected chi connectivity index (χ2v) is 3.81. The fraction of sp³-hybridized carbons (Fsp3) is 0.556. The van der Waals surface area contributed by atoms with Gasteiger partial charge in [-0.2, -0.15) is 24.5 Å². The second-order valence-electron chi connectivity index (χ2n) is 3.03. The van der Waals surface area contributed by atoms with Gasteiger partial charge in [-0.05, 0) is 35.4 Å². The first-order valence-corrected chi connectivity index (χ1v) is 5.31. The van der Waals surface area contributed by atoms with Gasteiger partial charge in [0.15, 0.2) is 0 Å². The molecule has 1 heterocycles. The zero-order valence-corrected chi connectivity index (χ0v) is 8.42. The molecule has 0 amide bonds. The van der Waals surface area contributed by atoms with Gasteiger partial charge in [-0.1, -0.05) is 0 Å². The lowest BCUT2D eigenvalue weighted by Gasteiger charge is -2.06. The van der Waals surface area contributed by atoms with Gasteiger partial charge in [0.1, 0.15) is 0 Å². The van der Waals surface area contributed by atoms with Crippen LogP contribution in [0.1, 0.15) is 18.4 Å². The number of hydrogen-bond donors (Lipinski definition) is 1. The highest BCUT2D eigenvalue weighted by Gasteiger charge is 2.25. The molecule has 0 radical (unpaired) electrons. The van der Waals surface area contributed by atoms with Crippen LogP contribution in [0.5, 0.6) is 0 Å². The monoisotopic (exact) mass is 223 g/mol. The fourth-order valence-corrected chi connectivity index (χ4v) is 1.71. The first-order valence-electron chi connectivity index (χ1n) is 4.36. The van der Waals surface area contributed by atoms with Gasteiger partial charge in [0.25, 0.3) is 0 Å². The average molecular weight is 223 g/mol. The maximum absolute atomic E-state index is 11.7. The Morgan fingerprint density at radius 3 is 2.71 bits per heavy atom. The molecule has 1 N–H and O–H groups in total. The van der Waals surface area contributed by atoms with E-state index in [-0.39, 0.29) is 6.42 Å². The van der Waals surface area contributed by atoms with Gasteiger partial charge in [0, 0.05) is 13.0 Å². The molecule has 0 atom stereocenters. The highest BCUT2D eigenvalue weighted by molar-refractivity contribution is 7.07. The molecule has 0 saturated heterocycles. The number of hydrogen-bond acceptors (Lipinski definition) is 2. The summed E-state index contributed by atoms with van der Waals surface area (Å²) in [6, 6.07) is 1.96. The molecule has 1 aromatic rings. The minimum atomic E-state index is -4.02. The lowest BCUT2D eigenvalue weighted by atomic mass is 10.3. The Morgan fingerprint density at radius 1 is 1.36 bits per heavy atom. The molecule has 1 aromatic heterocycles. The predicted octanol–water partition coefficient (Wildman–Crippen LogP) is 3.18. The third kappa shape index (κ3) is 5.24. The zero-order valence-electron chi connectivity index (χ0n) is 7.60. The van der Waals surface area contributed by atoms with Crippen LogP contribution in [0, 0.1) is 0 Å². The Labute approximate surface area is 84.9 Å². The van der Waals surface area contributed by atoms with Gasteiger partial charge in [0.05, 0.1) is 0 Å². The average Bonchev–Trinajstić information content (AvgIpc) is 2.54. The highest BCUT2D eigenvalue weighted by atomic mass is 32.1. The Morgan fingerprint density at radius 2 is 2.14 bits per heavy atom. The molecular weight excluding hydrogens is 211 g/mol. The molecule has 1 rings (SSSR count). The normalized spacial score (nSPS) is 11.9. The molecule has 0 spiro atoms. The van der Waals surface area contributed by atoms with E-state index in [2.05, 4.69) is 5.32 Å². The van der Waals surface area contributed by atoms with Crippen LogP contribution in [-0.2, 0) is 6.54 Å². The van der Waals surface area contributed by atoms with Crippen molar-refractivity contribution in [2.75, 3.05) is 6.54 Å². The molecule has 0 aliphatic rings. The molecule has 5 heteroatoms. The smallest absolute Gasteiger partial charge is 0.313 e. The lowest BCUT2D eigenvalue weighted by molar-refractivity contribution is -0.135. The maximum atomic E-state index is 11.7. The third-order valence-corrected chi connectivity index (χ3v) is 2.46. The van der Waals surface area contributed by atoms with E-state index >= 15 is 0 Å². The summed E-state index contributed by atoms with van der Waals surface area (Å²) in [5.74, 6) is 0. The summed E-state index contributed by atoms with van der Waals surface area (Å²) in [4.78, 5) is 0. The minimum absolute atomic E-state index is 0.146. The molecular formula is C9H12F3NS. The first-order chi connectivity index (χ1) is 6.58. The van der Waals surface area contributed by atoms with Gasteiger partial charge < -0.3 is 5.32 Å². The van der Waals surface area contributed by atoms with Crippen LogP contribution in [0.4, 0.5) is 13.2 Å². The Bertz CT molecular complexity index is 243. The molecule has 14 heavy (non-hydrogen) atoms. The van der Waals surface area contributed by atoms with Crippen molar-refractivity contribution in [2.45, 2.75) is 25.6 Å². The van der Waals surface area contributed by atoms with E-state index in [4.69, 9.17) is 0 Å². The molecule has 0 bridgehead atoms. The number of thiophene rings is 1. The molecule has 0 fully saturated rings. The van der Waals surface area contributed by atoms with Crippen LogP contribution >= 0.6 is 11.3 Å². The molecule has 0 aromatic carbocycles.